The van der Waals surface area contributed by atoms with Crippen LogP contribution in [0.2, 0.25) is 0 Å². The van der Waals surface area contributed by atoms with Crippen LogP contribution >= 0.6 is 0 Å². The molecule has 0 saturated carbocycles. The van der Waals surface area contributed by atoms with E-state index in [0.717, 1.165) is 40.7 Å². The van der Waals surface area contributed by atoms with Gasteiger partial charge in [0.25, 0.3) is 0 Å². The Bertz CT molecular complexity index is 995. The monoisotopic (exact) mass is 422 g/mol. The van der Waals surface area contributed by atoms with Crippen molar-refractivity contribution in [1.82, 2.24) is 0 Å². The Morgan fingerprint density at radius 1 is 0.656 bits per heavy atom. The Kier molecular flexibility index (Phi) is 7.16. The first-order chi connectivity index (χ1) is 15.8. The van der Waals surface area contributed by atoms with Gasteiger partial charge in [-0.25, -0.2) is 0 Å². The van der Waals surface area contributed by atoms with Crippen molar-refractivity contribution >= 4 is 0 Å². The summed E-state index contributed by atoms with van der Waals surface area (Å²) in [5.74, 6) is 0. The predicted octanol–water partition coefficient (Wildman–Crippen LogP) is 7.03. The van der Waals surface area contributed by atoms with Crippen molar-refractivity contribution in [2.75, 3.05) is 0 Å². The summed E-state index contributed by atoms with van der Waals surface area (Å²) in [6.07, 6.45) is 1.18. The van der Waals surface area contributed by atoms with E-state index in [1.54, 1.807) is 0 Å². The van der Waals surface area contributed by atoms with E-state index in [9.17, 15) is 5.11 Å². The van der Waals surface area contributed by atoms with Crippen LogP contribution < -0.4 is 0 Å². The van der Waals surface area contributed by atoms with Crippen LogP contribution in [0.4, 0.5) is 0 Å². The third-order valence-corrected chi connectivity index (χ3v) is 5.96. The summed E-state index contributed by atoms with van der Waals surface area (Å²) in [6, 6.07) is 39.2. The summed E-state index contributed by atoms with van der Waals surface area (Å²) < 4.78 is 6.93. The number of rotatable bonds is 9. The lowest BCUT2D eigenvalue weighted by atomic mass is 9.80. The molecule has 2 nitrogen and oxygen atoms in total. The largest absolute Gasteiger partial charge is 0.388 e. The van der Waals surface area contributed by atoms with Gasteiger partial charge in [0.15, 0.2) is 0 Å². The normalized spacial score (nSPS) is 12.4. The van der Waals surface area contributed by atoms with Crippen LogP contribution in [0.25, 0.3) is 0 Å². The van der Waals surface area contributed by atoms with Crippen LogP contribution in [-0.2, 0) is 16.9 Å². The lowest BCUT2D eigenvalue weighted by Crippen LogP contribution is -2.33. The first-order valence-electron chi connectivity index (χ1n) is 11.3. The Morgan fingerprint density at radius 3 is 1.56 bits per heavy atom. The maximum Gasteiger partial charge on any atom is 0.144 e. The molecule has 1 N–H and O–H groups in total. The van der Waals surface area contributed by atoms with E-state index in [4.69, 9.17) is 4.74 Å². The Hall–Kier alpha value is -3.20. The molecule has 0 saturated heterocycles. The van der Waals surface area contributed by atoms with Gasteiger partial charge in [-0.05, 0) is 34.2 Å². The van der Waals surface area contributed by atoms with E-state index in [1.165, 1.54) is 0 Å². The van der Waals surface area contributed by atoms with Crippen LogP contribution in [0.5, 0.6) is 0 Å². The van der Waals surface area contributed by atoms with E-state index < -0.39 is 11.7 Å². The maximum atomic E-state index is 10.7. The van der Waals surface area contributed by atoms with Gasteiger partial charge in [0, 0.05) is 0 Å². The smallest absolute Gasteiger partial charge is 0.144 e. The van der Waals surface area contributed by atoms with E-state index in [1.807, 2.05) is 36.4 Å². The van der Waals surface area contributed by atoms with Crippen molar-refractivity contribution in [2.45, 2.75) is 38.1 Å². The molecule has 4 rings (SSSR count). The molecular formula is C30H30O2. The highest BCUT2D eigenvalue weighted by Gasteiger charge is 2.37. The van der Waals surface area contributed by atoms with Gasteiger partial charge >= 0.3 is 0 Å². The highest BCUT2D eigenvalue weighted by atomic mass is 16.5. The average molecular weight is 423 g/mol. The topological polar surface area (TPSA) is 29.5 Å². The second-order valence-corrected chi connectivity index (χ2v) is 8.07. The Balaban J connectivity index is 1.83. The van der Waals surface area contributed by atoms with Crippen molar-refractivity contribution < 1.29 is 9.84 Å². The lowest BCUT2D eigenvalue weighted by Gasteiger charge is -2.36. The average Bonchev–Trinajstić information content (AvgIpc) is 2.87. The molecule has 4 aromatic rings. The second-order valence-electron chi connectivity index (χ2n) is 8.07. The molecule has 1 unspecified atom stereocenters. The van der Waals surface area contributed by atoms with E-state index in [2.05, 4.69) is 85.8 Å². The molecule has 0 aliphatic rings. The molecule has 0 fully saturated rings. The first kappa shape index (κ1) is 22.0. The molecule has 162 valence electrons. The molecule has 2 heteroatoms. The Labute approximate surface area is 191 Å². The SMILES string of the molecule is CCCC(O)c1ccccc1COC(c1ccccc1)(c1ccccc1)c1ccccc1. The van der Waals surface area contributed by atoms with Crippen molar-refractivity contribution in [2.24, 2.45) is 0 Å². The van der Waals surface area contributed by atoms with Crippen molar-refractivity contribution in [3.8, 4) is 0 Å². The van der Waals surface area contributed by atoms with E-state index >= 15 is 0 Å². The van der Waals surface area contributed by atoms with Gasteiger partial charge in [0.05, 0.1) is 12.7 Å². The summed E-state index contributed by atoms with van der Waals surface area (Å²) in [5, 5.41) is 10.7. The molecule has 0 bridgehead atoms. The number of benzene rings is 4. The van der Waals surface area contributed by atoms with Gasteiger partial charge in [0.2, 0.25) is 0 Å². The van der Waals surface area contributed by atoms with Gasteiger partial charge in [-0.3, -0.25) is 0 Å². The van der Waals surface area contributed by atoms with Gasteiger partial charge in [-0.15, -0.1) is 0 Å². The molecule has 4 aromatic carbocycles. The lowest BCUT2D eigenvalue weighted by molar-refractivity contribution is -0.00104. The summed E-state index contributed by atoms with van der Waals surface area (Å²) in [7, 11) is 0. The molecule has 0 spiro atoms. The quantitative estimate of drug-likeness (QED) is 0.293. The molecule has 0 amide bonds. The van der Waals surface area contributed by atoms with Crippen molar-refractivity contribution in [3.63, 3.8) is 0 Å². The zero-order valence-electron chi connectivity index (χ0n) is 18.5. The fraction of sp³-hybridized carbons (Fsp3) is 0.200. The third kappa shape index (κ3) is 4.52. The minimum atomic E-state index is -0.771. The number of ether oxygens (including phenoxy) is 1. The first-order valence-corrected chi connectivity index (χ1v) is 11.3. The third-order valence-electron chi connectivity index (χ3n) is 5.96. The molecule has 0 heterocycles. The van der Waals surface area contributed by atoms with Gasteiger partial charge in [-0.2, -0.15) is 0 Å². The van der Waals surface area contributed by atoms with Crippen LogP contribution in [-0.4, -0.2) is 5.11 Å². The zero-order chi connectivity index (χ0) is 22.2. The van der Waals surface area contributed by atoms with Gasteiger partial charge < -0.3 is 9.84 Å². The molecule has 0 aliphatic carbocycles. The molecule has 32 heavy (non-hydrogen) atoms. The highest BCUT2D eigenvalue weighted by Crippen LogP contribution is 2.41. The van der Waals surface area contributed by atoms with E-state index in [0.29, 0.717) is 6.61 Å². The van der Waals surface area contributed by atoms with Gasteiger partial charge in [-0.1, -0.05) is 129 Å². The fourth-order valence-electron chi connectivity index (χ4n) is 4.37. The highest BCUT2D eigenvalue weighted by molar-refractivity contribution is 5.47. The predicted molar refractivity (Wildman–Crippen MR) is 130 cm³/mol. The van der Waals surface area contributed by atoms with Crippen LogP contribution in [0, 0.1) is 0 Å². The van der Waals surface area contributed by atoms with E-state index in [-0.39, 0.29) is 0 Å². The summed E-state index contributed by atoms with van der Waals surface area (Å²) >= 11 is 0. The van der Waals surface area contributed by atoms with Crippen molar-refractivity contribution in [1.29, 1.82) is 0 Å². The molecule has 0 aliphatic heterocycles. The molecule has 1 atom stereocenters. The zero-order valence-corrected chi connectivity index (χ0v) is 18.5. The minimum absolute atomic E-state index is 0.385. The molecular weight excluding hydrogens is 392 g/mol. The summed E-state index contributed by atoms with van der Waals surface area (Å²) in [4.78, 5) is 0. The fourth-order valence-corrected chi connectivity index (χ4v) is 4.37. The number of hydrogen-bond donors (Lipinski definition) is 1. The summed E-state index contributed by atoms with van der Waals surface area (Å²) in [5.41, 5.74) is 4.40. The van der Waals surface area contributed by atoms with Crippen LogP contribution in [0.15, 0.2) is 115 Å². The number of aliphatic hydroxyl groups is 1. The van der Waals surface area contributed by atoms with Crippen LogP contribution in [0.3, 0.4) is 0 Å². The standard InChI is InChI=1S/C30H30O2/c1-2-14-29(31)28-22-13-12-15-24(28)23-32-30(25-16-6-3-7-17-25,26-18-8-4-9-19-26)27-20-10-5-11-21-27/h3-13,15-22,29,31H,2,14,23H2,1H3. The van der Waals surface area contributed by atoms with Gasteiger partial charge in [0.1, 0.15) is 5.60 Å². The number of hydrogen-bond acceptors (Lipinski definition) is 2. The molecule has 0 radical (unpaired) electrons. The minimum Gasteiger partial charge on any atom is -0.388 e. The van der Waals surface area contributed by atoms with Crippen molar-refractivity contribution in [3.05, 3.63) is 143 Å². The Morgan fingerprint density at radius 2 is 1.09 bits per heavy atom. The maximum absolute atomic E-state index is 10.7. The number of aliphatic hydroxyl groups excluding tert-OH is 1. The second kappa shape index (κ2) is 10.4. The summed E-state index contributed by atoms with van der Waals surface area (Å²) in [6.45, 7) is 2.48. The van der Waals surface area contributed by atoms with Crippen LogP contribution in [0.1, 0.15) is 53.7 Å². The molecule has 0 aromatic heterocycles.